The van der Waals surface area contributed by atoms with Crippen LogP contribution in [-0.2, 0) is 14.6 Å². The van der Waals surface area contributed by atoms with Crippen LogP contribution in [0.2, 0.25) is 0 Å². The first kappa shape index (κ1) is 16.9. The van der Waals surface area contributed by atoms with Gasteiger partial charge >= 0.3 is 0 Å². The molecule has 1 rings (SSSR count). The van der Waals surface area contributed by atoms with E-state index in [9.17, 15) is 8.42 Å². The van der Waals surface area contributed by atoms with Gasteiger partial charge in [-0.25, -0.2) is 8.42 Å². The topological polar surface area (TPSA) is 58.6 Å². The summed E-state index contributed by atoms with van der Waals surface area (Å²) in [6, 6.07) is 0.495. The smallest absolute Gasteiger partial charge is 0.148 e. The molecule has 1 fully saturated rings. The van der Waals surface area contributed by atoms with Crippen LogP contribution in [0.15, 0.2) is 0 Å². The summed E-state index contributed by atoms with van der Waals surface area (Å²) in [5.74, 6) is 0.675. The first-order valence-corrected chi connectivity index (χ1v) is 9.16. The van der Waals surface area contributed by atoms with E-state index >= 15 is 0 Å². The Morgan fingerprint density at radius 3 is 2.79 bits per heavy atom. The average molecular weight is 292 g/mol. The summed E-state index contributed by atoms with van der Waals surface area (Å²) < 4.78 is 27.9. The van der Waals surface area contributed by atoms with E-state index in [2.05, 4.69) is 17.1 Å². The molecule has 0 spiro atoms. The molecule has 0 aromatic carbocycles. The van der Waals surface area contributed by atoms with E-state index in [1.165, 1.54) is 6.26 Å². The molecule has 0 saturated carbocycles. The Kier molecular flexibility index (Phi) is 7.28. The fourth-order valence-corrected chi connectivity index (χ4v) is 3.03. The van der Waals surface area contributed by atoms with Crippen molar-refractivity contribution in [3.63, 3.8) is 0 Å². The molecule has 0 amide bonds. The summed E-state index contributed by atoms with van der Waals surface area (Å²) in [4.78, 5) is 2.10. The molecule has 1 saturated heterocycles. The van der Waals surface area contributed by atoms with Gasteiger partial charge in [-0.3, -0.25) is 0 Å². The average Bonchev–Trinajstić information content (AvgIpc) is 2.34. The molecule has 0 aromatic heterocycles. The number of hydrogen-bond acceptors (Lipinski definition) is 5. The molecule has 0 bridgehead atoms. The van der Waals surface area contributed by atoms with E-state index < -0.39 is 9.84 Å². The third-order valence-corrected chi connectivity index (χ3v) is 4.44. The fraction of sp³-hybridized carbons (Fsp3) is 1.00. The largest absolute Gasteiger partial charge is 0.381 e. The lowest BCUT2D eigenvalue weighted by atomic mass is 9.95. The van der Waals surface area contributed by atoms with Crippen molar-refractivity contribution >= 4 is 9.84 Å². The minimum atomic E-state index is -2.88. The van der Waals surface area contributed by atoms with Gasteiger partial charge in [0.25, 0.3) is 0 Å². The number of ether oxygens (including phenoxy) is 1. The summed E-state index contributed by atoms with van der Waals surface area (Å²) in [6.45, 7) is 6.27. The van der Waals surface area contributed by atoms with Crippen LogP contribution in [0.1, 0.15) is 19.8 Å². The lowest BCUT2D eigenvalue weighted by molar-refractivity contribution is 0.0205. The third-order valence-electron chi connectivity index (χ3n) is 3.52. The number of nitrogens with one attached hydrogen (secondary N) is 1. The van der Waals surface area contributed by atoms with Gasteiger partial charge in [0.2, 0.25) is 0 Å². The summed E-state index contributed by atoms with van der Waals surface area (Å²) in [5, 5.41) is 3.57. The van der Waals surface area contributed by atoms with E-state index in [1.54, 1.807) is 0 Å². The minimum Gasteiger partial charge on any atom is -0.381 e. The molecular formula is C13H28N2O3S. The minimum absolute atomic E-state index is 0.226. The molecular weight excluding hydrogens is 264 g/mol. The van der Waals surface area contributed by atoms with Gasteiger partial charge in [0.05, 0.1) is 12.4 Å². The van der Waals surface area contributed by atoms with Gasteiger partial charge in [-0.15, -0.1) is 0 Å². The van der Waals surface area contributed by atoms with Crippen LogP contribution in [0, 0.1) is 5.92 Å². The van der Waals surface area contributed by atoms with Crippen LogP contribution in [0.5, 0.6) is 0 Å². The zero-order valence-corrected chi connectivity index (χ0v) is 13.2. The normalized spacial score (nSPS) is 24.8. The molecule has 6 heteroatoms. The van der Waals surface area contributed by atoms with Crippen LogP contribution in [0.4, 0.5) is 0 Å². The van der Waals surface area contributed by atoms with Gasteiger partial charge in [0.15, 0.2) is 0 Å². The highest BCUT2D eigenvalue weighted by Gasteiger charge is 2.26. The van der Waals surface area contributed by atoms with Gasteiger partial charge in [-0.1, -0.05) is 6.92 Å². The molecule has 0 radical (unpaired) electrons. The van der Waals surface area contributed by atoms with Crippen molar-refractivity contribution in [2.24, 2.45) is 5.92 Å². The predicted octanol–water partition coefficient (Wildman–Crippen LogP) is 0.368. The molecule has 2 unspecified atom stereocenters. The highest BCUT2D eigenvalue weighted by molar-refractivity contribution is 7.90. The Morgan fingerprint density at radius 2 is 2.16 bits per heavy atom. The summed E-state index contributed by atoms with van der Waals surface area (Å²) in [6.07, 6.45) is 3.47. The van der Waals surface area contributed by atoms with E-state index in [0.29, 0.717) is 18.5 Å². The van der Waals surface area contributed by atoms with Gasteiger partial charge in [-0.2, -0.15) is 0 Å². The SMILES string of the molecule is CCCNC1CCOCC1CN(C)CCS(C)(=O)=O. The standard InChI is InChI=1S/C13H28N2O3S/c1-4-6-14-13-5-8-18-11-12(13)10-15(2)7-9-19(3,16)17/h12-14H,4-11H2,1-3H3. The first-order chi connectivity index (χ1) is 8.92. The molecule has 0 aromatic rings. The van der Waals surface area contributed by atoms with Crippen LogP contribution >= 0.6 is 0 Å². The van der Waals surface area contributed by atoms with Crippen molar-refractivity contribution in [1.82, 2.24) is 10.2 Å². The predicted molar refractivity (Wildman–Crippen MR) is 78.2 cm³/mol. The van der Waals surface area contributed by atoms with Crippen LogP contribution in [0.3, 0.4) is 0 Å². The fourth-order valence-electron chi connectivity index (χ4n) is 2.39. The van der Waals surface area contributed by atoms with E-state index in [4.69, 9.17) is 4.74 Å². The maximum Gasteiger partial charge on any atom is 0.148 e. The zero-order chi connectivity index (χ0) is 14.3. The van der Waals surface area contributed by atoms with Crippen molar-refractivity contribution in [2.75, 3.05) is 51.9 Å². The Labute approximate surface area is 117 Å². The number of hydrogen-bond donors (Lipinski definition) is 1. The highest BCUT2D eigenvalue weighted by atomic mass is 32.2. The molecule has 1 N–H and O–H groups in total. The molecule has 0 aliphatic carbocycles. The number of rotatable bonds is 8. The second-order valence-corrected chi connectivity index (χ2v) is 7.84. The lowest BCUT2D eigenvalue weighted by Gasteiger charge is -2.34. The Balaban J connectivity index is 2.38. The Bertz CT molecular complexity index is 346. The van der Waals surface area contributed by atoms with Gasteiger partial charge in [0, 0.05) is 37.9 Å². The number of nitrogens with zero attached hydrogens (tertiary/aromatic N) is 1. The van der Waals surface area contributed by atoms with Crippen molar-refractivity contribution in [1.29, 1.82) is 0 Å². The van der Waals surface area contributed by atoms with E-state index in [-0.39, 0.29) is 5.75 Å². The number of sulfone groups is 1. The van der Waals surface area contributed by atoms with Crippen LogP contribution in [0.25, 0.3) is 0 Å². The van der Waals surface area contributed by atoms with Gasteiger partial charge < -0.3 is 15.0 Å². The van der Waals surface area contributed by atoms with Gasteiger partial charge in [-0.05, 0) is 26.4 Å². The van der Waals surface area contributed by atoms with Crippen molar-refractivity contribution < 1.29 is 13.2 Å². The zero-order valence-electron chi connectivity index (χ0n) is 12.4. The maximum absolute atomic E-state index is 11.2. The maximum atomic E-state index is 11.2. The van der Waals surface area contributed by atoms with Crippen molar-refractivity contribution in [3.05, 3.63) is 0 Å². The quantitative estimate of drug-likeness (QED) is 0.700. The third kappa shape index (κ3) is 7.25. The van der Waals surface area contributed by atoms with Gasteiger partial charge in [0.1, 0.15) is 9.84 Å². The first-order valence-electron chi connectivity index (χ1n) is 7.09. The molecule has 2 atom stereocenters. The summed E-state index contributed by atoms with van der Waals surface area (Å²) in [5.41, 5.74) is 0. The van der Waals surface area contributed by atoms with E-state index in [0.717, 1.165) is 39.1 Å². The van der Waals surface area contributed by atoms with Crippen molar-refractivity contribution in [3.8, 4) is 0 Å². The highest BCUT2D eigenvalue weighted by Crippen LogP contribution is 2.16. The monoisotopic (exact) mass is 292 g/mol. The molecule has 1 aliphatic rings. The molecule has 1 heterocycles. The molecule has 1 aliphatic heterocycles. The molecule has 19 heavy (non-hydrogen) atoms. The summed E-state index contributed by atoms with van der Waals surface area (Å²) >= 11 is 0. The molecule has 5 nitrogen and oxygen atoms in total. The second kappa shape index (κ2) is 8.19. The van der Waals surface area contributed by atoms with E-state index in [1.807, 2.05) is 7.05 Å². The van der Waals surface area contributed by atoms with Crippen LogP contribution in [-0.4, -0.2) is 71.3 Å². The lowest BCUT2D eigenvalue weighted by Crippen LogP contribution is -2.47. The summed E-state index contributed by atoms with van der Waals surface area (Å²) in [7, 11) is -0.893. The Morgan fingerprint density at radius 1 is 1.42 bits per heavy atom. The van der Waals surface area contributed by atoms with Crippen molar-refractivity contribution in [2.45, 2.75) is 25.8 Å². The second-order valence-electron chi connectivity index (χ2n) is 5.58. The molecule has 114 valence electrons. The Hall–Kier alpha value is -0.170. The van der Waals surface area contributed by atoms with Crippen LogP contribution < -0.4 is 5.32 Å².